The maximum Gasteiger partial charge on any atom is 0.236 e. The maximum absolute atomic E-state index is 12.0. The molecule has 112 valence electrons. The van der Waals surface area contributed by atoms with Crippen LogP contribution in [0.5, 0.6) is 0 Å². The highest BCUT2D eigenvalue weighted by Gasteiger charge is 2.26. The lowest BCUT2D eigenvalue weighted by atomic mass is 10.1. The number of aliphatic hydroxyl groups is 1. The molecule has 0 saturated carbocycles. The zero-order valence-corrected chi connectivity index (χ0v) is 12.3. The van der Waals surface area contributed by atoms with E-state index < -0.39 is 0 Å². The number of carbonyl (C=O) groups excluding carboxylic acids is 1. The number of carbonyl (C=O) groups is 1. The third-order valence-corrected chi connectivity index (χ3v) is 3.38. The summed E-state index contributed by atoms with van der Waals surface area (Å²) < 4.78 is 4.92. The number of aliphatic hydroxyl groups excluding tert-OH is 1. The molecule has 0 aromatic carbocycles. The van der Waals surface area contributed by atoms with Gasteiger partial charge in [-0.3, -0.25) is 9.69 Å². The number of ether oxygens (including phenoxy) is 1. The van der Waals surface area contributed by atoms with E-state index in [-0.39, 0.29) is 12.0 Å². The summed E-state index contributed by atoms with van der Waals surface area (Å²) in [4.78, 5) is 16.1. The van der Waals surface area contributed by atoms with Crippen LogP contribution in [0.2, 0.25) is 0 Å². The molecule has 19 heavy (non-hydrogen) atoms. The van der Waals surface area contributed by atoms with E-state index in [1.54, 1.807) is 14.0 Å². The van der Waals surface area contributed by atoms with Gasteiger partial charge in [0.25, 0.3) is 0 Å². The SMILES string of the molecule is COCCNCC(=O)N1CCN(CC(C)O)C(C)C1. The van der Waals surface area contributed by atoms with Crippen molar-refractivity contribution in [2.24, 2.45) is 0 Å². The van der Waals surface area contributed by atoms with E-state index in [9.17, 15) is 9.90 Å². The fourth-order valence-corrected chi connectivity index (χ4v) is 2.31. The second-order valence-corrected chi connectivity index (χ2v) is 5.20. The third kappa shape index (κ3) is 5.86. The normalized spacial score (nSPS) is 22.5. The topological polar surface area (TPSA) is 65.0 Å². The summed E-state index contributed by atoms with van der Waals surface area (Å²) in [5.41, 5.74) is 0. The second kappa shape index (κ2) is 8.47. The monoisotopic (exact) mass is 273 g/mol. The Hall–Kier alpha value is -0.690. The van der Waals surface area contributed by atoms with Gasteiger partial charge in [-0.05, 0) is 13.8 Å². The minimum atomic E-state index is -0.319. The standard InChI is InChI=1S/C13H27N3O3/c1-11-9-16(6-5-15(11)10-12(2)17)13(18)8-14-4-7-19-3/h11-12,14,17H,4-10H2,1-3H3. The molecule has 1 aliphatic heterocycles. The lowest BCUT2D eigenvalue weighted by Gasteiger charge is -2.40. The molecule has 6 nitrogen and oxygen atoms in total. The predicted molar refractivity (Wildman–Crippen MR) is 74.0 cm³/mol. The molecular formula is C13H27N3O3. The van der Waals surface area contributed by atoms with E-state index in [2.05, 4.69) is 17.1 Å². The molecule has 2 unspecified atom stereocenters. The zero-order chi connectivity index (χ0) is 14.3. The summed E-state index contributed by atoms with van der Waals surface area (Å²) in [6.45, 7) is 8.55. The summed E-state index contributed by atoms with van der Waals surface area (Å²) in [5, 5.41) is 12.5. The van der Waals surface area contributed by atoms with Crippen molar-refractivity contribution in [3.05, 3.63) is 0 Å². The van der Waals surface area contributed by atoms with Gasteiger partial charge in [0.2, 0.25) is 5.91 Å². The number of β-amino-alcohol motifs (C(OH)–C–C–N with tert-alkyl or cyclic N) is 1. The predicted octanol–water partition coefficient (Wildman–Crippen LogP) is -0.864. The van der Waals surface area contributed by atoms with Gasteiger partial charge in [0.15, 0.2) is 0 Å². The Bertz CT molecular complexity index is 274. The van der Waals surface area contributed by atoms with E-state index in [4.69, 9.17) is 4.74 Å². The number of nitrogens with one attached hydrogen (secondary N) is 1. The Morgan fingerprint density at radius 2 is 2.26 bits per heavy atom. The van der Waals surface area contributed by atoms with E-state index >= 15 is 0 Å². The Morgan fingerprint density at radius 1 is 1.53 bits per heavy atom. The number of rotatable bonds is 7. The number of hydrogen-bond acceptors (Lipinski definition) is 5. The molecule has 1 heterocycles. The lowest BCUT2D eigenvalue weighted by molar-refractivity contribution is -0.133. The van der Waals surface area contributed by atoms with E-state index in [0.29, 0.717) is 32.3 Å². The fourth-order valence-electron chi connectivity index (χ4n) is 2.31. The minimum Gasteiger partial charge on any atom is -0.392 e. The fraction of sp³-hybridized carbons (Fsp3) is 0.923. The average molecular weight is 273 g/mol. The first kappa shape index (κ1) is 16.4. The molecule has 0 radical (unpaired) electrons. The average Bonchev–Trinajstić information content (AvgIpc) is 2.36. The number of hydrogen-bond donors (Lipinski definition) is 2. The zero-order valence-electron chi connectivity index (χ0n) is 12.3. The molecule has 6 heteroatoms. The third-order valence-electron chi connectivity index (χ3n) is 3.38. The van der Waals surface area contributed by atoms with E-state index in [0.717, 1.165) is 19.6 Å². The van der Waals surface area contributed by atoms with Gasteiger partial charge in [-0.1, -0.05) is 0 Å². The molecule has 2 N–H and O–H groups in total. The first-order chi connectivity index (χ1) is 9.04. The molecule has 0 bridgehead atoms. The second-order valence-electron chi connectivity index (χ2n) is 5.20. The first-order valence-corrected chi connectivity index (χ1v) is 6.94. The summed E-state index contributed by atoms with van der Waals surface area (Å²) in [5.74, 6) is 0.139. The van der Waals surface area contributed by atoms with Crippen LogP contribution >= 0.6 is 0 Å². The van der Waals surface area contributed by atoms with Crippen molar-refractivity contribution in [3.63, 3.8) is 0 Å². The molecule has 1 amide bonds. The Kier molecular flexibility index (Phi) is 7.30. The number of piperazine rings is 1. The van der Waals surface area contributed by atoms with Crippen molar-refractivity contribution in [3.8, 4) is 0 Å². The van der Waals surface area contributed by atoms with Gasteiger partial charge >= 0.3 is 0 Å². The van der Waals surface area contributed by atoms with Crippen molar-refractivity contribution in [1.82, 2.24) is 15.1 Å². The molecule has 1 aliphatic rings. The van der Waals surface area contributed by atoms with Crippen LogP contribution in [0.1, 0.15) is 13.8 Å². The largest absolute Gasteiger partial charge is 0.392 e. The molecule has 1 fully saturated rings. The minimum absolute atomic E-state index is 0.139. The van der Waals surface area contributed by atoms with Crippen molar-refractivity contribution < 1.29 is 14.6 Å². The molecule has 2 atom stereocenters. The molecule has 0 spiro atoms. The Balaban J connectivity index is 2.28. The van der Waals surface area contributed by atoms with Gasteiger partial charge in [0, 0.05) is 45.9 Å². The summed E-state index contributed by atoms with van der Waals surface area (Å²) in [7, 11) is 1.65. The van der Waals surface area contributed by atoms with E-state index in [1.807, 2.05) is 4.90 Å². The van der Waals surface area contributed by atoms with Crippen LogP contribution < -0.4 is 5.32 Å². The van der Waals surface area contributed by atoms with Crippen LogP contribution in [0.4, 0.5) is 0 Å². The van der Waals surface area contributed by atoms with Crippen molar-refractivity contribution >= 4 is 5.91 Å². The van der Waals surface area contributed by atoms with Crippen LogP contribution in [0.25, 0.3) is 0 Å². The van der Waals surface area contributed by atoms with Crippen LogP contribution in [-0.2, 0) is 9.53 Å². The van der Waals surface area contributed by atoms with Gasteiger partial charge < -0.3 is 20.1 Å². The highest BCUT2D eigenvalue weighted by molar-refractivity contribution is 5.78. The molecule has 0 aromatic rings. The van der Waals surface area contributed by atoms with Crippen LogP contribution in [0, 0.1) is 0 Å². The number of amides is 1. The highest BCUT2D eigenvalue weighted by atomic mass is 16.5. The van der Waals surface area contributed by atoms with Crippen LogP contribution in [-0.4, -0.2) is 85.9 Å². The quantitative estimate of drug-likeness (QED) is 0.591. The number of nitrogens with zero attached hydrogens (tertiary/aromatic N) is 2. The Morgan fingerprint density at radius 3 is 2.84 bits per heavy atom. The van der Waals surface area contributed by atoms with E-state index in [1.165, 1.54) is 0 Å². The summed E-state index contributed by atoms with van der Waals surface area (Å²) >= 11 is 0. The van der Waals surface area contributed by atoms with Crippen molar-refractivity contribution in [2.45, 2.75) is 26.0 Å². The maximum atomic E-state index is 12.0. The summed E-state index contributed by atoms with van der Waals surface area (Å²) in [6.07, 6.45) is -0.319. The van der Waals surface area contributed by atoms with Gasteiger partial charge in [0.1, 0.15) is 0 Å². The first-order valence-electron chi connectivity index (χ1n) is 6.94. The molecular weight excluding hydrogens is 246 g/mol. The van der Waals surface area contributed by atoms with Gasteiger partial charge in [-0.15, -0.1) is 0 Å². The van der Waals surface area contributed by atoms with Gasteiger partial charge in [-0.2, -0.15) is 0 Å². The summed E-state index contributed by atoms with van der Waals surface area (Å²) in [6, 6.07) is 0.297. The molecule has 1 saturated heterocycles. The highest BCUT2D eigenvalue weighted by Crippen LogP contribution is 2.10. The van der Waals surface area contributed by atoms with Crippen LogP contribution in [0.3, 0.4) is 0 Å². The Labute approximate surface area is 115 Å². The molecule has 1 rings (SSSR count). The van der Waals surface area contributed by atoms with Crippen molar-refractivity contribution in [2.75, 3.05) is 53.0 Å². The lowest BCUT2D eigenvalue weighted by Crippen LogP contribution is -2.56. The van der Waals surface area contributed by atoms with Gasteiger partial charge in [-0.25, -0.2) is 0 Å². The molecule has 0 aliphatic carbocycles. The molecule has 0 aromatic heterocycles. The number of methoxy groups -OCH3 is 1. The smallest absolute Gasteiger partial charge is 0.236 e. The van der Waals surface area contributed by atoms with Crippen molar-refractivity contribution in [1.29, 1.82) is 0 Å². The van der Waals surface area contributed by atoms with Crippen LogP contribution in [0.15, 0.2) is 0 Å². The van der Waals surface area contributed by atoms with Gasteiger partial charge in [0.05, 0.1) is 19.3 Å².